The maximum Gasteiger partial charge on any atom is 0.319 e. The average molecular weight is 387 g/mol. The number of nitrogens with zero attached hydrogens (tertiary/aromatic N) is 1. The summed E-state index contributed by atoms with van der Waals surface area (Å²) in [6.45, 7) is 3.72. The molecule has 7 nitrogen and oxygen atoms in total. The second-order valence-electron chi connectivity index (χ2n) is 8.16. The maximum absolute atomic E-state index is 12.6. The van der Waals surface area contributed by atoms with Gasteiger partial charge in [0, 0.05) is 31.7 Å². The molecule has 0 radical (unpaired) electrons. The molecule has 1 aliphatic carbocycles. The van der Waals surface area contributed by atoms with Crippen LogP contribution in [0.25, 0.3) is 0 Å². The first kappa shape index (κ1) is 20.2. The molecule has 1 aliphatic heterocycles. The van der Waals surface area contributed by atoms with E-state index in [1.807, 2.05) is 31.2 Å². The van der Waals surface area contributed by atoms with E-state index in [1.165, 1.54) is 0 Å². The van der Waals surface area contributed by atoms with Crippen molar-refractivity contribution in [2.75, 3.05) is 25.0 Å². The molecule has 1 saturated carbocycles. The molecule has 152 valence electrons. The second kappa shape index (κ2) is 8.63. The minimum Gasteiger partial charge on any atom is -0.481 e. The monoisotopic (exact) mass is 387 g/mol. The molecule has 1 unspecified atom stereocenters. The highest BCUT2D eigenvalue weighted by Gasteiger charge is 2.46. The number of nitrogens with one attached hydrogen (secondary N) is 2. The molecule has 1 aromatic carbocycles. The van der Waals surface area contributed by atoms with Gasteiger partial charge in [-0.2, -0.15) is 0 Å². The third kappa shape index (κ3) is 4.82. The van der Waals surface area contributed by atoms with E-state index in [1.54, 1.807) is 4.90 Å². The van der Waals surface area contributed by atoms with Gasteiger partial charge in [0.15, 0.2) is 0 Å². The van der Waals surface area contributed by atoms with Crippen molar-refractivity contribution in [1.82, 2.24) is 10.2 Å². The average Bonchev–Trinajstić information content (AvgIpc) is 2.64. The van der Waals surface area contributed by atoms with E-state index in [4.69, 9.17) is 0 Å². The molecular weight excluding hydrogens is 358 g/mol. The van der Waals surface area contributed by atoms with E-state index >= 15 is 0 Å². The molecule has 1 heterocycles. The van der Waals surface area contributed by atoms with Crippen molar-refractivity contribution in [3.63, 3.8) is 0 Å². The Kier molecular flexibility index (Phi) is 6.21. The number of hydrogen-bond donors (Lipinski definition) is 3. The zero-order chi connectivity index (χ0) is 20.1. The summed E-state index contributed by atoms with van der Waals surface area (Å²) in [5.41, 5.74) is 1.02. The van der Waals surface area contributed by atoms with Crippen LogP contribution in [-0.2, 0) is 9.59 Å². The number of aryl methyl sites for hydroxylation is 1. The SMILES string of the molecule is Cc1ccc(NC(=O)NCC2CCCN(C(=O)CC3(C(=O)O)CCC3)C2)cc1. The first-order valence-electron chi connectivity index (χ1n) is 10.0. The summed E-state index contributed by atoms with van der Waals surface area (Å²) in [6, 6.07) is 7.33. The van der Waals surface area contributed by atoms with Crippen LogP contribution in [0.4, 0.5) is 10.5 Å². The number of amides is 3. The van der Waals surface area contributed by atoms with Crippen LogP contribution in [0.5, 0.6) is 0 Å². The van der Waals surface area contributed by atoms with Gasteiger partial charge in [-0.05, 0) is 50.7 Å². The van der Waals surface area contributed by atoms with Crippen LogP contribution >= 0.6 is 0 Å². The van der Waals surface area contributed by atoms with Gasteiger partial charge in [-0.15, -0.1) is 0 Å². The summed E-state index contributed by atoms with van der Waals surface area (Å²) < 4.78 is 0. The van der Waals surface area contributed by atoms with E-state index in [0.717, 1.165) is 30.5 Å². The van der Waals surface area contributed by atoms with Crippen LogP contribution in [0, 0.1) is 18.3 Å². The van der Waals surface area contributed by atoms with Crippen molar-refractivity contribution in [2.45, 2.75) is 45.4 Å². The van der Waals surface area contributed by atoms with Crippen LogP contribution in [0.3, 0.4) is 0 Å². The summed E-state index contributed by atoms with van der Waals surface area (Å²) in [7, 11) is 0. The summed E-state index contributed by atoms with van der Waals surface area (Å²) in [4.78, 5) is 38.0. The third-order valence-electron chi connectivity index (χ3n) is 5.99. The highest BCUT2D eigenvalue weighted by Crippen LogP contribution is 2.44. The molecule has 2 fully saturated rings. The number of carbonyl (C=O) groups is 3. The van der Waals surface area contributed by atoms with E-state index in [0.29, 0.717) is 32.5 Å². The lowest BCUT2D eigenvalue weighted by Crippen LogP contribution is -2.48. The van der Waals surface area contributed by atoms with Gasteiger partial charge in [-0.3, -0.25) is 9.59 Å². The largest absolute Gasteiger partial charge is 0.481 e. The zero-order valence-electron chi connectivity index (χ0n) is 16.4. The van der Waals surface area contributed by atoms with E-state index in [9.17, 15) is 19.5 Å². The van der Waals surface area contributed by atoms with Gasteiger partial charge in [0.25, 0.3) is 0 Å². The third-order valence-corrected chi connectivity index (χ3v) is 5.99. The fourth-order valence-corrected chi connectivity index (χ4v) is 3.98. The van der Waals surface area contributed by atoms with Gasteiger partial charge in [-0.25, -0.2) is 4.79 Å². The second-order valence-corrected chi connectivity index (χ2v) is 8.16. The van der Waals surface area contributed by atoms with Crippen molar-refractivity contribution in [1.29, 1.82) is 0 Å². The molecule has 0 spiro atoms. The van der Waals surface area contributed by atoms with Crippen molar-refractivity contribution < 1.29 is 19.5 Å². The number of carboxylic acid groups (broad SMARTS) is 1. The van der Waals surface area contributed by atoms with Gasteiger partial charge >= 0.3 is 12.0 Å². The predicted molar refractivity (Wildman–Crippen MR) is 106 cm³/mol. The first-order chi connectivity index (χ1) is 13.4. The van der Waals surface area contributed by atoms with Crippen LogP contribution in [-0.4, -0.2) is 47.5 Å². The Bertz CT molecular complexity index is 728. The van der Waals surface area contributed by atoms with Crippen molar-refractivity contribution in [2.24, 2.45) is 11.3 Å². The highest BCUT2D eigenvalue weighted by molar-refractivity contribution is 5.89. The Morgan fingerprint density at radius 2 is 1.89 bits per heavy atom. The van der Waals surface area contributed by atoms with Gasteiger partial charge in [0.2, 0.25) is 5.91 Å². The molecule has 3 N–H and O–H groups in total. The number of carboxylic acids is 1. The topological polar surface area (TPSA) is 98.7 Å². The molecule has 1 saturated heterocycles. The Morgan fingerprint density at radius 3 is 2.50 bits per heavy atom. The number of anilines is 1. The lowest BCUT2D eigenvalue weighted by Gasteiger charge is -2.40. The van der Waals surface area contributed by atoms with E-state index in [-0.39, 0.29) is 24.3 Å². The quantitative estimate of drug-likeness (QED) is 0.699. The summed E-state index contributed by atoms with van der Waals surface area (Å²) in [5.74, 6) is -0.741. The Labute approximate surface area is 165 Å². The van der Waals surface area contributed by atoms with Crippen LogP contribution in [0.2, 0.25) is 0 Å². The van der Waals surface area contributed by atoms with E-state index < -0.39 is 11.4 Å². The number of aliphatic carboxylic acids is 1. The van der Waals surface area contributed by atoms with Crippen molar-refractivity contribution in [3.05, 3.63) is 29.8 Å². The number of hydrogen-bond acceptors (Lipinski definition) is 3. The number of piperidine rings is 1. The summed E-state index contributed by atoms with van der Waals surface area (Å²) in [6.07, 6.45) is 3.97. The van der Waals surface area contributed by atoms with E-state index in [2.05, 4.69) is 10.6 Å². The minimum absolute atomic E-state index is 0.0732. The molecular formula is C21H29N3O4. The molecule has 1 aromatic rings. The standard InChI is InChI=1S/C21H29N3O4/c1-15-5-7-17(8-6-15)23-20(28)22-13-16-4-2-11-24(14-16)18(25)12-21(19(26)27)9-3-10-21/h5-8,16H,2-4,9-14H2,1H3,(H,26,27)(H2,22,23,28). The lowest BCUT2D eigenvalue weighted by atomic mass is 9.66. The van der Waals surface area contributed by atoms with Crippen molar-refractivity contribution in [3.8, 4) is 0 Å². The van der Waals surface area contributed by atoms with Gasteiger partial charge in [0.1, 0.15) is 0 Å². The maximum atomic E-state index is 12.6. The molecule has 28 heavy (non-hydrogen) atoms. The number of likely N-dealkylation sites (tertiary alicyclic amines) is 1. The molecule has 2 aliphatic rings. The molecule has 3 amide bonds. The number of urea groups is 1. The normalized spacial score (nSPS) is 20.8. The molecule has 0 bridgehead atoms. The fraction of sp³-hybridized carbons (Fsp3) is 0.571. The smallest absolute Gasteiger partial charge is 0.319 e. The van der Waals surface area contributed by atoms with Crippen LogP contribution in [0.1, 0.15) is 44.1 Å². The van der Waals surface area contributed by atoms with Gasteiger partial charge in [-0.1, -0.05) is 24.1 Å². The minimum atomic E-state index is -0.852. The molecule has 0 aromatic heterocycles. The summed E-state index contributed by atoms with van der Waals surface area (Å²) >= 11 is 0. The number of carbonyl (C=O) groups excluding carboxylic acids is 2. The molecule has 7 heteroatoms. The molecule has 3 rings (SSSR count). The Hall–Kier alpha value is -2.57. The Morgan fingerprint density at radius 1 is 1.18 bits per heavy atom. The fourth-order valence-electron chi connectivity index (χ4n) is 3.98. The van der Waals surface area contributed by atoms with Crippen LogP contribution in [0.15, 0.2) is 24.3 Å². The number of rotatable bonds is 6. The zero-order valence-corrected chi connectivity index (χ0v) is 16.4. The predicted octanol–water partition coefficient (Wildman–Crippen LogP) is 3.00. The highest BCUT2D eigenvalue weighted by atomic mass is 16.4. The van der Waals surface area contributed by atoms with Gasteiger partial charge in [0.05, 0.1) is 5.41 Å². The van der Waals surface area contributed by atoms with Crippen molar-refractivity contribution >= 4 is 23.6 Å². The van der Waals surface area contributed by atoms with Crippen LogP contribution < -0.4 is 10.6 Å². The van der Waals surface area contributed by atoms with Gasteiger partial charge < -0.3 is 20.6 Å². The number of benzene rings is 1. The lowest BCUT2D eigenvalue weighted by molar-refractivity contribution is -0.160. The molecule has 1 atom stereocenters. The summed E-state index contributed by atoms with van der Waals surface area (Å²) in [5, 5.41) is 15.1. The first-order valence-corrected chi connectivity index (χ1v) is 10.0. The Balaban J connectivity index is 1.45.